The molecule has 6 heteroatoms. The number of hydrogen-bond donors (Lipinski definition) is 2. The van der Waals surface area contributed by atoms with Crippen LogP contribution < -0.4 is 10.6 Å². The molecule has 1 heterocycles. The highest BCUT2D eigenvalue weighted by Gasteiger charge is 2.31. The van der Waals surface area contributed by atoms with Gasteiger partial charge in [0.2, 0.25) is 0 Å². The zero-order valence-electron chi connectivity index (χ0n) is 13.3. The highest BCUT2D eigenvalue weighted by atomic mass is 16.5. The van der Waals surface area contributed by atoms with Crippen molar-refractivity contribution in [2.45, 2.75) is 39.3 Å². The summed E-state index contributed by atoms with van der Waals surface area (Å²) in [4.78, 5) is 17.7. The average Bonchev–Trinajstić information content (AvgIpc) is 2.78. The Hall–Kier alpha value is -1.30. The summed E-state index contributed by atoms with van der Waals surface area (Å²) >= 11 is 0. The van der Waals surface area contributed by atoms with E-state index < -0.39 is 0 Å². The van der Waals surface area contributed by atoms with Crippen LogP contribution in [0.15, 0.2) is 4.99 Å². The van der Waals surface area contributed by atoms with Crippen LogP contribution in [-0.4, -0.2) is 62.7 Å². The van der Waals surface area contributed by atoms with Gasteiger partial charge in [0.25, 0.3) is 0 Å². The number of carbonyl (C=O) groups excluding carboxylic acids is 1. The van der Waals surface area contributed by atoms with Gasteiger partial charge in [0.05, 0.1) is 13.5 Å². The van der Waals surface area contributed by atoms with E-state index >= 15 is 0 Å². The van der Waals surface area contributed by atoms with E-state index in [4.69, 9.17) is 0 Å². The number of carbonyl (C=O) groups is 1. The molecule has 2 atom stereocenters. The van der Waals surface area contributed by atoms with Gasteiger partial charge >= 0.3 is 5.97 Å². The fraction of sp³-hybridized carbons (Fsp3) is 0.857. The summed E-state index contributed by atoms with van der Waals surface area (Å²) in [5.74, 6) is 1.11. The number of hydrogen-bond acceptors (Lipinski definition) is 4. The number of aliphatic imine (C=N–C) groups is 1. The van der Waals surface area contributed by atoms with Gasteiger partial charge < -0.3 is 15.4 Å². The van der Waals surface area contributed by atoms with Crippen LogP contribution in [0.5, 0.6) is 0 Å². The zero-order valence-corrected chi connectivity index (χ0v) is 13.3. The van der Waals surface area contributed by atoms with Gasteiger partial charge in [0, 0.05) is 38.8 Å². The molecule has 1 saturated heterocycles. The lowest BCUT2D eigenvalue weighted by atomic mass is 10.1. The quantitative estimate of drug-likeness (QED) is 0.436. The maximum Gasteiger partial charge on any atom is 0.307 e. The van der Waals surface area contributed by atoms with Gasteiger partial charge in [0.15, 0.2) is 5.96 Å². The molecule has 6 nitrogen and oxygen atoms in total. The molecule has 2 N–H and O–H groups in total. The lowest BCUT2D eigenvalue weighted by Gasteiger charge is -2.21. The zero-order chi connectivity index (χ0) is 15.1. The number of likely N-dealkylation sites (tertiary alicyclic amines) is 1. The van der Waals surface area contributed by atoms with E-state index in [1.807, 2.05) is 0 Å². The summed E-state index contributed by atoms with van der Waals surface area (Å²) in [6, 6.07) is 0.959. The van der Waals surface area contributed by atoms with Crippen LogP contribution in [0, 0.1) is 5.92 Å². The first kappa shape index (κ1) is 16.8. The molecule has 1 aliphatic rings. The molecule has 0 aliphatic carbocycles. The van der Waals surface area contributed by atoms with Crippen molar-refractivity contribution in [3.8, 4) is 0 Å². The summed E-state index contributed by atoms with van der Waals surface area (Å²) < 4.78 is 4.61. The van der Waals surface area contributed by atoms with Crippen LogP contribution in [0.2, 0.25) is 0 Å². The van der Waals surface area contributed by atoms with Crippen LogP contribution >= 0.6 is 0 Å². The van der Waals surface area contributed by atoms with E-state index in [1.165, 1.54) is 7.11 Å². The van der Waals surface area contributed by atoms with Gasteiger partial charge in [0.1, 0.15) is 0 Å². The fourth-order valence-electron chi connectivity index (χ4n) is 2.37. The minimum absolute atomic E-state index is 0.215. The Kier molecular flexibility index (Phi) is 6.78. The number of nitrogens with one attached hydrogen (secondary N) is 2. The molecule has 1 aliphatic heterocycles. The molecule has 0 spiro atoms. The van der Waals surface area contributed by atoms with E-state index in [-0.39, 0.29) is 5.97 Å². The first-order valence-corrected chi connectivity index (χ1v) is 7.26. The fourth-order valence-corrected chi connectivity index (χ4v) is 2.37. The first-order chi connectivity index (χ1) is 9.47. The molecular weight excluding hydrogens is 256 g/mol. The molecule has 0 amide bonds. The molecule has 0 bridgehead atoms. The minimum Gasteiger partial charge on any atom is -0.469 e. The lowest BCUT2D eigenvalue weighted by Crippen LogP contribution is -2.47. The summed E-state index contributed by atoms with van der Waals surface area (Å²) in [6.07, 6.45) is 0.343. The second-order valence-corrected chi connectivity index (χ2v) is 5.60. The highest BCUT2D eigenvalue weighted by Crippen LogP contribution is 2.18. The van der Waals surface area contributed by atoms with E-state index in [1.54, 1.807) is 7.05 Å². The molecule has 0 aromatic carbocycles. The molecular formula is C14H28N4O2. The summed E-state index contributed by atoms with van der Waals surface area (Å²) in [5.41, 5.74) is 0. The molecule has 1 fully saturated rings. The van der Waals surface area contributed by atoms with E-state index in [9.17, 15) is 4.79 Å². The van der Waals surface area contributed by atoms with Crippen molar-refractivity contribution < 1.29 is 9.53 Å². The number of ether oxygens (including phenoxy) is 1. The maximum atomic E-state index is 11.1. The summed E-state index contributed by atoms with van der Waals surface area (Å²) in [6.45, 7) is 9.35. The minimum atomic E-state index is -0.215. The third kappa shape index (κ3) is 5.00. The number of esters is 1. The van der Waals surface area contributed by atoms with Crippen LogP contribution in [0.25, 0.3) is 0 Å². The van der Waals surface area contributed by atoms with E-state index in [0.717, 1.165) is 19.0 Å². The van der Waals surface area contributed by atoms with Crippen molar-refractivity contribution in [2.75, 3.05) is 33.8 Å². The molecule has 0 aromatic rings. The predicted octanol–water partition coefficient (Wildman–Crippen LogP) is 0.443. The third-order valence-electron chi connectivity index (χ3n) is 3.77. The Labute approximate surface area is 122 Å². The molecule has 0 aromatic heterocycles. The topological polar surface area (TPSA) is 66.0 Å². The molecule has 116 valence electrons. The monoisotopic (exact) mass is 284 g/mol. The van der Waals surface area contributed by atoms with E-state index in [2.05, 4.69) is 46.0 Å². The van der Waals surface area contributed by atoms with Crippen molar-refractivity contribution in [1.82, 2.24) is 15.5 Å². The SMILES string of the molecule is CN=C(NCCC(=O)OC)NC1CN(C(C)C)CC1C. The number of rotatable bonds is 5. The van der Waals surface area contributed by atoms with Crippen molar-refractivity contribution >= 4 is 11.9 Å². The Bertz CT molecular complexity index is 344. The standard InChI is InChI=1S/C14H28N4O2/c1-10(2)18-8-11(3)12(9-18)17-14(15-4)16-7-6-13(19)20-5/h10-12H,6-9H2,1-5H3,(H2,15,16,17). The van der Waals surface area contributed by atoms with Gasteiger partial charge in [-0.05, 0) is 19.8 Å². The van der Waals surface area contributed by atoms with Crippen molar-refractivity contribution in [3.63, 3.8) is 0 Å². The van der Waals surface area contributed by atoms with Gasteiger partial charge in [-0.1, -0.05) is 6.92 Å². The van der Waals surface area contributed by atoms with Gasteiger partial charge in [-0.15, -0.1) is 0 Å². The summed E-state index contributed by atoms with van der Waals surface area (Å²) in [7, 11) is 3.14. The molecule has 0 radical (unpaired) electrons. The maximum absolute atomic E-state index is 11.1. The number of guanidine groups is 1. The molecule has 20 heavy (non-hydrogen) atoms. The second kappa shape index (κ2) is 8.09. The Morgan fingerprint density at radius 2 is 2.15 bits per heavy atom. The third-order valence-corrected chi connectivity index (χ3v) is 3.77. The molecule has 0 saturated carbocycles. The Balaban J connectivity index is 2.39. The predicted molar refractivity (Wildman–Crippen MR) is 80.8 cm³/mol. The first-order valence-electron chi connectivity index (χ1n) is 7.26. The smallest absolute Gasteiger partial charge is 0.307 e. The summed E-state index contributed by atoms with van der Waals surface area (Å²) in [5, 5.41) is 6.58. The van der Waals surface area contributed by atoms with Gasteiger partial charge in [-0.25, -0.2) is 0 Å². The molecule has 1 rings (SSSR count). The largest absolute Gasteiger partial charge is 0.469 e. The second-order valence-electron chi connectivity index (χ2n) is 5.60. The Morgan fingerprint density at radius 1 is 1.45 bits per heavy atom. The van der Waals surface area contributed by atoms with Crippen molar-refractivity contribution in [1.29, 1.82) is 0 Å². The van der Waals surface area contributed by atoms with Crippen LogP contribution in [0.4, 0.5) is 0 Å². The van der Waals surface area contributed by atoms with Crippen molar-refractivity contribution in [2.24, 2.45) is 10.9 Å². The average molecular weight is 284 g/mol. The van der Waals surface area contributed by atoms with Crippen LogP contribution in [0.1, 0.15) is 27.2 Å². The number of nitrogens with zero attached hydrogens (tertiary/aromatic N) is 2. The van der Waals surface area contributed by atoms with Gasteiger partial charge in [-0.2, -0.15) is 0 Å². The van der Waals surface area contributed by atoms with Crippen molar-refractivity contribution in [3.05, 3.63) is 0 Å². The van der Waals surface area contributed by atoms with Crippen LogP contribution in [-0.2, 0) is 9.53 Å². The van der Waals surface area contributed by atoms with E-state index in [0.29, 0.717) is 31.0 Å². The highest BCUT2D eigenvalue weighted by molar-refractivity contribution is 5.80. The Morgan fingerprint density at radius 3 is 2.65 bits per heavy atom. The number of methoxy groups -OCH3 is 1. The van der Waals surface area contributed by atoms with Gasteiger partial charge in [-0.3, -0.25) is 14.7 Å². The normalized spacial score (nSPS) is 24.0. The lowest BCUT2D eigenvalue weighted by molar-refractivity contribution is -0.140. The molecule has 2 unspecified atom stereocenters. The van der Waals surface area contributed by atoms with Crippen LogP contribution in [0.3, 0.4) is 0 Å².